The predicted octanol–water partition coefficient (Wildman–Crippen LogP) is 6.59. The maximum Gasteiger partial charge on any atom is 0.405 e. The van der Waals surface area contributed by atoms with Crippen molar-refractivity contribution in [3.63, 3.8) is 0 Å². The number of fused-ring (bicyclic) bond motifs is 1. The summed E-state index contributed by atoms with van der Waals surface area (Å²) in [6.45, 7) is 23.8. The van der Waals surface area contributed by atoms with E-state index in [2.05, 4.69) is 23.5 Å². The number of hydrogen-bond donors (Lipinski definition) is 4. The summed E-state index contributed by atoms with van der Waals surface area (Å²) in [5, 5.41) is 11.7. The van der Waals surface area contributed by atoms with E-state index in [-0.39, 0.29) is 36.9 Å². The number of carboxylic acid groups (broad SMARTS) is 1. The maximum absolute atomic E-state index is 13.5. The average Bonchev–Trinajstić information content (AvgIpc) is 3.61. The van der Waals surface area contributed by atoms with Gasteiger partial charge in [0.05, 0.1) is 31.1 Å². The Morgan fingerprint density at radius 2 is 1.75 bits per heavy atom. The molecule has 53 heavy (non-hydrogen) atoms. The summed E-state index contributed by atoms with van der Waals surface area (Å²) in [7, 11) is 1.65. The topological polar surface area (TPSA) is 179 Å². The molecule has 12 nitrogen and oxygen atoms in total. The number of nitrogens with one attached hydrogen (secondary N) is 1. The zero-order valence-corrected chi connectivity index (χ0v) is 34.2. The molecule has 2 amide bonds. The second-order valence-electron chi connectivity index (χ2n) is 16.3. The minimum atomic E-state index is -1.25. The molecule has 6 N–H and O–H groups in total. The van der Waals surface area contributed by atoms with Crippen molar-refractivity contribution in [2.24, 2.45) is 45.5 Å². The SMILES string of the molecule is C=C(CCCCCC1CCC2CC12)CO[C@H]1CN(C(=O)[C@@H](NC(=O)O)C(C)(C)C)C(C(C)=O)[C@@H]1CC.C=CC(C)(OCC(=NC)OCC)/C(N)=C(\C)N. The van der Waals surface area contributed by atoms with Crippen molar-refractivity contribution in [3.05, 3.63) is 36.2 Å². The van der Waals surface area contributed by atoms with Gasteiger partial charge in [0, 0.05) is 25.2 Å². The normalized spacial score (nSPS) is 25.9. The van der Waals surface area contributed by atoms with E-state index in [1.165, 1.54) is 45.4 Å². The van der Waals surface area contributed by atoms with Gasteiger partial charge in [-0.05, 0) is 89.4 Å². The van der Waals surface area contributed by atoms with E-state index in [9.17, 15) is 19.5 Å². The molecular weight excluding hydrogens is 674 g/mol. The highest BCUT2D eigenvalue weighted by Gasteiger charge is 2.49. The van der Waals surface area contributed by atoms with Crippen LogP contribution in [0.4, 0.5) is 4.79 Å². The fraction of sp³-hybridized carbons (Fsp3) is 0.756. The van der Waals surface area contributed by atoms with Crippen molar-refractivity contribution in [2.75, 3.05) is 33.4 Å². The molecule has 12 heteroatoms. The number of nitrogens with zero attached hydrogens (tertiary/aromatic N) is 2. The van der Waals surface area contributed by atoms with Gasteiger partial charge in [-0.1, -0.05) is 71.8 Å². The third-order valence-electron chi connectivity index (χ3n) is 11.2. The summed E-state index contributed by atoms with van der Waals surface area (Å²) in [5.41, 5.74) is 12.1. The highest BCUT2D eigenvalue weighted by atomic mass is 16.5. The first kappa shape index (κ1) is 45.8. The molecule has 2 aliphatic carbocycles. The summed E-state index contributed by atoms with van der Waals surface area (Å²) >= 11 is 0. The van der Waals surface area contributed by atoms with Gasteiger partial charge < -0.3 is 41.0 Å². The molecule has 3 rings (SSSR count). The molecule has 3 aliphatic rings. The molecule has 0 aromatic carbocycles. The number of carbonyl (C=O) groups excluding carboxylic acids is 2. The van der Waals surface area contributed by atoms with Gasteiger partial charge in [0.15, 0.2) is 5.78 Å². The Hall–Kier alpha value is -3.38. The number of ether oxygens (including phenoxy) is 3. The maximum atomic E-state index is 13.5. The predicted molar refractivity (Wildman–Crippen MR) is 211 cm³/mol. The quantitative estimate of drug-likeness (QED) is 0.0491. The van der Waals surface area contributed by atoms with E-state index in [4.69, 9.17) is 25.7 Å². The van der Waals surface area contributed by atoms with Crippen LogP contribution >= 0.6 is 0 Å². The molecule has 1 saturated heterocycles. The summed E-state index contributed by atoms with van der Waals surface area (Å²) in [5.74, 6) is 3.03. The smallest absolute Gasteiger partial charge is 0.405 e. The number of Topliss-reactive ketones (excluding diaryl/α,β-unsaturated/α-hetero) is 1. The third-order valence-corrected chi connectivity index (χ3v) is 11.2. The monoisotopic (exact) mass is 746 g/mol. The van der Waals surface area contributed by atoms with Gasteiger partial charge in [0.25, 0.3) is 0 Å². The molecule has 1 heterocycles. The summed E-state index contributed by atoms with van der Waals surface area (Å²) in [4.78, 5) is 43.0. The number of rotatable bonds is 19. The zero-order chi connectivity index (χ0) is 40.1. The Balaban J connectivity index is 0.000000482. The van der Waals surface area contributed by atoms with E-state index in [0.717, 1.165) is 36.2 Å². The van der Waals surface area contributed by atoms with Gasteiger partial charge in [-0.3, -0.25) is 14.6 Å². The van der Waals surface area contributed by atoms with Gasteiger partial charge in [0.2, 0.25) is 11.8 Å². The molecule has 0 spiro atoms. The molecule has 1 aliphatic heterocycles. The molecule has 3 fully saturated rings. The van der Waals surface area contributed by atoms with Crippen LogP contribution in [0.1, 0.15) is 113 Å². The van der Waals surface area contributed by atoms with Gasteiger partial charge in [-0.2, -0.15) is 0 Å². The van der Waals surface area contributed by atoms with Crippen LogP contribution in [0.3, 0.4) is 0 Å². The highest BCUT2D eigenvalue weighted by molar-refractivity contribution is 5.92. The van der Waals surface area contributed by atoms with Crippen molar-refractivity contribution in [1.29, 1.82) is 0 Å². The van der Waals surface area contributed by atoms with E-state index < -0.39 is 29.2 Å². The van der Waals surface area contributed by atoms with E-state index >= 15 is 0 Å². The van der Waals surface area contributed by atoms with Crippen LogP contribution in [0.5, 0.6) is 0 Å². The first-order valence-electron chi connectivity index (χ1n) is 19.5. The van der Waals surface area contributed by atoms with Crippen molar-refractivity contribution in [3.8, 4) is 0 Å². The highest BCUT2D eigenvalue weighted by Crippen LogP contribution is 2.56. The number of nitrogens with two attached hydrogens (primary N) is 2. The lowest BCUT2D eigenvalue weighted by Gasteiger charge is -2.35. The first-order valence-corrected chi connectivity index (χ1v) is 19.5. The van der Waals surface area contributed by atoms with E-state index in [1.807, 2.05) is 34.6 Å². The standard InChI is InChI=1S/C29H48N2O5.C12H23N3O2/c1-7-22-24(36-17-18(2)11-9-8-10-12-20-13-14-21-15-23(20)21)16-31(25(22)19(3)32)27(33)26(29(4,5)6)30-28(34)35;1-6-12(4,11(14)9(3)13)17-8-10(15-5)16-7-2/h20-26,30H,2,7-17H2,1,3-6H3,(H,34,35);6H,1,7-8,13-14H2,2-5H3/b;11-9-,15-10?/t20?,21?,22-,23?,24+,25?,26-;/m1./s1. The number of unbranched alkanes of at least 4 members (excludes halogenated alkanes) is 2. The third kappa shape index (κ3) is 13.5. The Morgan fingerprint density at radius 1 is 1.08 bits per heavy atom. The van der Waals surface area contributed by atoms with Crippen LogP contribution in [-0.4, -0.2) is 90.9 Å². The molecule has 5 unspecified atom stereocenters. The van der Waals surface area contributed by atoms with Crippen LogP contribution < -0.4 is 16.8 Å². The minimum Gasteiger partial charge on any atom is -0.480 e. The molecule has 8 atom stereocenters. The fourth-order valence-corrected chi connectivity index (χ4v) is 7.85. The lowest BCUT2D eigenvalue weighted by molar-refractivity contribution is -0.141. The number of aliphatic imine (C=N–C) groups is 1. The number of amides is 2. The summed E-state index contributed by atoms with van der Waals surface area (Å²) < 4.78 is 17.2. The number of allylic oxidation sites excluding steroid dienone is 1. The van der Waals surface area contributed by atoms with Crippen LogP contribution in [0, 0.1) is 29.1 Å². The largest absolute Gasteiger partial charge is 0.480 e. The van der Waals surface area contributed by atoms with Crippen LogP contribution in [-0.2, 0) is 23.8 Å². The Kier molecular flexibility index (Phi) is 18.1. The van der Waals surface area contributed by atoms with Crippen molar-refractivity contribution in [1.82, 2.24) is 10.2 Å². The summed E-state index contributed by atoms with van der Waals surface area (Å²) in [6.07, 6.45) is 11.1. The van der Waals surface area contributed by atoms with E-state index in [0.29, 0.717) is 36.9 Å². The number of ketones is 1. The van der Waals surface area contributed by atoms with Gasteiger partial charge in [-0.15, -0.1) is 0 Å². The van der Waals surface area contributed by atoms with Crippen molar-refractivity contribution < 1.29 is 33.7 Å². The second-order valence-corrected chi connectivity index (χ2v) is 16.3. The lowest BCUT2D eigenvalue weighted by Crippen LogP contribution is -2.56. The lowest BCUT2D eigenvalue weighted by atomic mass is 9.85. The minimum absolute atomic E-state index is 0.0945. The molecule has 0 aromatic heterocycles. The average molecular weight is 746 g/mol. The van der Waals surface area contributed by atoms with Crippen LogP contribution in [0.15, 0.2) is 41.2 Å². The number of likely N-dealkylation sites (tertiary alicyclic amines) is 1. The Bertz CT molecular complexity index is 1320. The molecule has 0 radical (unpaired) electrons. The molecule has 0 bridgehead atoms. The van der Waals surface area contributed by atoms with Gasteiger partial charge >= 0.3 is 6.09 Å². The Labute approximate surface area is 319 Å². The van der Waals surface area contributed by atoms with Crippen molar-refractivity contribution in [2.45, 2.75) is 137 Å². The Morgan fingerprint density at radius 3 is 2.23 bits per heavy atom. The molecule has 302 valence electrons. The zero-order valence-electron chi connectivity index (χ0n) is 34.2. The molecule has 2 saturated carbocycles. The number of hydrogen-bond acceptors (Lipinski definition) is 9. The fourth-order valence-electron chi connectivity index (χ4n) is 7.85. The molecular formula is C41H71N5O7. The van der Waals surface area contributed by atoms with Crippen molar-refractivity contribution >= 4 is 23.7 Å². The number of carbonyl (C=O) groups is 3. The first-order chi connectivity index (χ1) is 24.8. The van der Waals surface area contributed by atoms with Crippen LogP contribution in [0.25, 0.3) is 0 Å². The van der Waals surface area contributed by atoms with Gasteiger partial charge in [0.1, 0.15) is 18.2 Å². The molecule has 0 aromatic rings. The van der Waals surface area contributed by atoms with Crippen LogP contribution in [0.2, 0.25) is 0 Å². The van der Waals surface area contributed by atoms with Gasteiger partial charge in [-0.25, -0.2) is 4.79 Å². The summed E-state index contributed by atoms with van der Waals surface area (Å²) in [6, 6.07) is -1.55. The second kappa shape index (κ2) is 20.9. The van der Waals surface area contributed by atoms with E-state index in [1.54, 1.807) is 31.9 Å².